The molecule has 0 aliphatic rings. The maximum atomic E-state index is 6.27. The summed E-state index contributed by atoms with van der Waals surface area (Å²) in [5, 5.41) is 7.31. The Bertz CT molecular complexity index is 3190. The maximum absolute atomic E-state index is 6.27. The Morgan fingerprint density at radius 3 is 1.84 bits per heavy atom. The summed E-state index contributed by atoms with van der Waals surface area (Å²) in [6.07, 6.45) is 0. The Morgan fingerprint density at radius 2 is 1.02 bits per heavy atom. The van der Waals surface area contributed by atoms with E-state index in [0.29, 0.717) is 0 Å². The van der Waals surface area contributed by atoms with Crippen LogP contribution >= 0.6 is 11.3 Å². The summed E-state index contributed by atoms with van der Waals surface area (Å²) in [7, 11) is 0. The van der Waals surface area contributed by atoms with Crippen molar-refractivity contribution < 1.29 is 4.42 Å². The van der Waals surface area contributed by atoms with Gasteiger partial charge < -0.3 is 9.32 Å². The largest absolute Gasteiger partial charge is 0.456 e. The van der Waals surface area contributed by atoms with Gasteiger partial charge in [-0.25, -0.2) is 0 Å². The number of rotatable bonds is 6. The molecule has 11 aromatic rings. The van der Waals surface area contributed by atoms with E-state index < -0.39 is 0 Å². The number of furan rings is 1. The van der Waals surface area contributed by atoms with E-state index in [1.54, 1.807) is 0 Å². The molecule has 0 radical (unpaired) electrons. The van der Waals surface area contributed by atoms with Crippen LogP contribution in [0.5, 0.6) is 0 Å². The molecule has 3 heteroatoms. The average Bonchev–Trinajstić information content (AvgIpc) is 3.83. The third-order valence-electron chi connectivity index (χ3n) is 10.9. The van der Waals surface area contributed by atoms with Gasteiger partial charge >= 0.3 is 0 Å². The zero-order chi connectivity index (χ0) is 36.3. The van der Waals surface area contributed by atoms with Crippen LogP contribution in [0.15, 0.2) is 205 Å². The summed E-state index contributed by atoms with van der Waals surface area (Å²) in [6.45, 7) is 0. The zero-order valence-electron chi connectivity index (χ0n) is 29.8. The first-order valence-corrected chi connectivity index (χ1v) is 19.5. The minimum absolute atomic E-state index is 0.902. The van der Waals surface area contributed by atoms with Crippen LogP contribution in [-0.4, -0.2) is 0 Å². The van der Waals surface area contributed by atoms with Crippen LogP contribution < -0.4 is 4.90 Å². The van der Waals surface area contributed by atoms with Gasteiger partial charge in [0.2, 0.25) is 0 Å². The van der Waals surface area contributed by atoms with Gasteiger partial charge in [0, 0.05) is 47.9 Å². The van der Waals surface area contributed by atoms with Crippen molar-refractivity contribution in [1.29, 1.82) is 0 Å². The molecule has 0 N–H and O–H groups in total. The average molecular weight is 720 g/mol. The van der Waals surface area contributed by atoms with Crippen molar-refractivity contribution in [2.75, 3.05) is 4.90 Å². The molecule has 2 heterocycles. The highest BCUT2D eigenvalue weighted by Gasteiger charge is 2.23. The molecule has 2 nitrogen and oxygen atoms in total. The van der Waals surface area contributed by atoms with Gasteiger partial charge in [0.15, 0.2) is 0 Å². The van der Waals surface area contributed by atoms with E-state index in [1.165, 1.54) is 53.2 Å². The molecule has 0 atom stereocenters. The third-order valence-corrected chi connectivity index (χ3v) is 12.0. The SMILES string of the molecule is c1ccc(-c2ccc(N(c3ccc(-c4cccc5oc6ccccc6c45)cc3)c3ccc4sc5ccccc5c4c3-c3ccc4ccccc4c3)cc2)cc1. The topological polar surface area (TPSA) is 16.4 Å². The summed E-state index contributed by atoms with van der Waals surface area (Å²) in [6, 6.07) is 72.3. The predicted octanol–water partition coefficient (Wildman–Crippen LogP) is 15.6. The molecule has 2 aromatic heterocycles. The Hall–Kier alpha value is -6.94. The smallest absolute Gasteiger partial charge is 0.136 e. The molecule has 0 fully saturated rings. The summed E-state index contributed by atoms with van der Waals surface area (Å²) in [4.78, 5) is 2.43. The lowest BCUT2D eigenvalue weighted by Gasteiger charge is -2.29. The third kappa shape index (κ3) is 5.32. The minimum atomic E-state index is 0.902. The van der Waals surface area contributed by atoms with Crippen LogP contribution in [-0.2, 0) is 0 Å². The zero-order valence-corrected chi connectivity index (χ0v) is 30.6. The maximum Gasteiger partial charge on any atom is 0.136 e. The molecule has 0 saturated carbocycles. The van der Waals surface area contributed by atoms with Gasteiger partial charge in [-0.15, -0.1) is 11.3 Å². The van der Waals surface area contributed by atoms with Crippen LogP contribution in [0.1, 0.15) is 0 Å². The van der Waals surface area contributed by atoms with Crippen LogP contribution in [0, 0.1) is 0 Å². The van der Waals surface area contributed by atoms with E-state index in [2.05, 4.69) is 193 Å². The van der Waals surface area contributed by atoms with Crippen LogP contribution in [0.4, 0.5) is 17.1 Å². The van der Waals surface area contributed by atoms with E-state index in [9.17, 15) is 0 Å². The predicted molar refractivity (Wildman–Crippen MR) is 235 cm³/mol. The van der Waals surface area contributed by atoms with Crippen LogP contribution in [0.25, 0.3) is 86.3 Å². The van der Waals surface area contributed by atoms with Gasteiger partial charge in [0.25, 0.3) is 0 Å². The van der Waals surface area contributed by atoms with E-state index in [0.717, 1.165) is 50.1 Å². The number of benzene rings is 9. The Labute approximate surface area is 322 Å². The molecular weight excluding hydrogens is 687 g/mol. The summed E-state index contributed by atoms with van der Waals surface area (Å²) in [5.41, 5.74) is 12.2. The molecular formula is C52H33NOS. The summed E-state index contributed by atoms with van der Waals surface area (Å²) in [5.74, 6) is 0. The molecule has 11 rings (SSSR count). The highest BCUT2D eigenvalue weighted by atomic mass is 32.1. The molecule has 55 heavy (non-hydrogen) atoms. The highest BCUT2D eigenvalue weighted by molar-refractivity contribution is 7.26. The number of fused-ring (bicyclic) bond motifs is 7. The lowest BCUT2D eigenvalue weighted by atomic mass is 9.94. The first-order valence-electron chi connectivity index (χ1n) is 18.7. The Balaban J connectivity index is 1.14. The number of thiophene rings is 1. The molecule has 0 amide bonds. The number of para-hydroxylation sites is 1. The molecule has 0 unspecified atom stereocenters. The van der Waals surface area contributed by atoms with Gasteiger partial charge in [0.05, 0.1) is 5.69 Å². The van der Waals surface area contributed by atoms with E-state index in [-0.39, 0.29) is 0 Å². The van der Waals surface area contributed by atoms with Gasteiger partial charge in [-0.1, -0.05) is 140 Å². The molecule has 0 aliphatic heterocycles. The van der Waals surface area contributed by atoms with E-state index in [1.807, 2.05) is 23.5 Å². The summed E-state index contributed by atoms with van der Waals surface area (Å²) >= 11 is 1.86. The first-order chi connectivity index (χ1) is 27.3. The van der Waals surface area contributed by atoms with Crippen molar-refractivity contribution in [3.8, 4) is 33.4 Å². The van der Waals surface area contributed by atoms with Crippen molar-refractivity contribution in [2.24, 2.45) is 0 Å². The second kappa shape index (κ2) is 12.9. The number of nitrogens with zero attached hydrogens (tertiary/aromatic N) is 1. The van der Waals surface area contributed by atoms with Crippen molar-refractivity contribution >= 4 is 81.3 Å². The van der Waals surface area contributed by atoms with E-state index in [4.69, 9.17) is 4.42 Å². The highest BCUT2D eigenvalue weighted by Crippen LogP contribution is 2.49. The van der Waals surface area contributed by atoms with Crippen molar-refractivity contribution in [3.05, 3.63) is 200 Å². The Morgan fingerprint density at radius 1 is 0.382 bits per heavy atom. The lowest BCUT2D eigenvalue weighted by molar-refractivity contribution is 0.669. The molecule has 0 bridgehead atoms. The van der Waals surface area contributed by atoms with Gasteiger partial charge in [-0.3, -0.25) is 0 Å². The molecule has 0 aliphatic carbocycles. The standard InChI is InChI=1S/C52H33NOS/c1-2-11-34(12-3-1)36-23-27-40(28-24-36)53(41-29-25-37(26-30-41)42-17-10-19-47-51(42)43-15-6-8-18-46(43)54-47)45-31-32-49-52(44-16-7-9-20-48(44)55-49)50(45)39-22-21-35-13-4-5-14-38(35)33-39/h1-33H. The normalized spacial score (nSPS) is 11.6. The molecule has 258 valence electrons. The van der Waals surface area contributed by atoms with Gasteiger partial charge in [-0.05, 0) is 99.3 Å². The first kappa shape index (κ1) is 31.6. The van der Waals surface area contributed by atoms with Crippen molar-refractivity contribution in [1.82, 2.24) is 0 Å². The van der Waals surface area contributed by atoms with Crippen LogP contribution in [0.3, 0.4) is 0 Å². The number of anilines is 3. The lowest BCUT2D eigenvalue weighted by Crippen LogP contribution is -2.11. The minimum Gasteiger partial charge on any atom is -0.456 e. The molecule has 9 aromatic carbocycles. The number of hydrogen-bond acceptors (Lipinski definition) is 3. The van der Waals surface area contributed by atoms with Crippen molar-refractivity contribution in [3.63, 3.8) is 0 Å². The second-order valence-corrected chi connectivity index (χ2v) is 15.1. The fraction of sp³-hybridized carbons (Fsp3) is 0. The summed E-state index contributed by atoms with van der Waals surface area (Å²) < 4.78 is 8.84. The fourth-order valence-corrected chi connectivity index (χ4v) is 9.41. The second-order valence-electron chi connectivity index (χ2n) is 14.1. The fourth-order valence-electron chi connectivity index (χ4n) is 8.30. The van der Waals surface area contributed by atoms with Gasteiger partial charge in [0.1, 0.15) is 11.2 Å². The monoisotopic (exact) mass is 719 g/mol. The van der Waals surface area contributed by atoms with Gasteiger partial charge in [-0.2, -0.15) is 0 Å². The Kier molecular flexibility index (Phi) is 7.39. The van der Waals surface area contributed by atoms with Crippen LogP contribution in [0.2, 0.25) is 0 Å². The van der Waals surface area contributed by atoms with Crippen molar-refractivity contribution in [2.45, 2.75) is 0 Å². The molecule has 0 spiro atoms. The van der Waals surface area contributed by atoms with E-state index >= 15 is 0 Å². The quantitative estimate of drug-likeness (QED) is 0.170. The molecule has 0 saturated heterocycles. The number of hydrogen-bond donors (Lipinski definition) is 0.